The molecule has 136 valence electrons. The van der Waals surface area contributed by atoms with Gasteiger partial charge in [-0.05, 0) is 92.7 Å². The Kier molecular flexibility index (Phi) is 3.75. The maximum absolute atomic E-state index is 9.47. The molecule has 1 heterocycles. The lowest BCUT2D eigenvalue weighted by molar-refractivity contribution is 0.00276. The molecule has 0 aromatic heterocycles. The van der Waals surface area contributed by atoms with Gasteiger partial charge < -0.3 is 14.7 Å². The third-order valence-electron chi connectivity index (χ3n) is 7.16. The number of likely N-dealkylation sites (N-methyl/N-ethyl adjacent to an activating group) is 1. The first-order valence-corrected chi connectivity index (χ1v) is 9.96. The second kappa shape index (κ2) is 6.02. The summed E-state index contributed by atoms with van der Waals surface area (Å²) in [5.74, 6) is 2.76. The van der Waals surface area contributed by atoms with Crippen LogP contribution < -0.4 is 4.74 Å². The molecule has 1 saturated heterocycles. The van der Waals surface area contributed by atoms with Crippen molar-refractivity contribution >= 4 is 0 Å². The van der Waals surface area contributed by atoms with Gasteiger partial charge in [-0.1, -0.05) is 18.9 Å². The van der Waals surface area contributed by atoms with Crippen LogP contribution in [0.4, 0.5) is 0 Å². The van der Waals surface area contributed by atoms with E-state index in [4.69, 9.17) is 4.74 Å². The molecule has 3 nitrogen and oxygen atoms in total. The lowest BCUT2D eigenvalue weighted by atomic mass is 9.52. The number of hydrogen-bond acceptors (Lipinski definition) is 3. The van der Waals surface area contributed by atoms with E-state index in [1.54, 1.807) is 17.7 Å². The van der Waals surface area contributed by atoms with E-state index in [9.17, 15) is 5.11 Å². The highest BCUT2D eigenvalue weighted by Crippen LogP contribution is 2.56. The van der Waals surface area contributed by atoms with Crippen molar-refractivity contribution in [2.45, 2.75) is 50.0 Å². The summed E-state index contributed by atoms with van der Waals surface area (Å²) in [4.78, 5) is 2.61. The summed E-state index contributed by atoms with van der Waals surface area (Å²) in [6, 6.07) is 14.4. The predicted octanol–water partition coefficient (Wildman–Crippen LogP) is 4.87. The number of phenols is 1. The van der Waals surface area contributed by atoms with Crippen molar-refractivity contribution in [1.29, 1.82) is 0 Å². The molecular formula is C23H27NO2. The Bertz CT molecular complexity index is 815. The van der Waals surface area contributed by atoms with E-state index in [-0.39, 0.29) is 5.75 Å². The third kappa shape index (κ3) is 2.44. The molecule has 3 heteroatoms. The van der Waals surface area contributed by atoms with Crippen LogP contribution in [0.3, 0.4) is 0 Å². The number of aromatic hydroxyl groups is 1. The van der Waals surface area contributed by atoms with Crippen LogP contribution in [0.1, 0.15) is 43.2 Å². The largest absolute Gasteiger partial charge is 0.508 e. The summed E-state index contributed by atoms with van der Waals surface area (Å²) in [5, 5.41) is 9.47. The van der Waals surface area contributed by atoms with Gasteiger partial charge in [-0.3, -0.25) is 0 Å². The zero-order chi connectivity index (χ0) is 17.7. The number of phenolic OH excluding ortho intramolecular Hbond substituents is 1. The number of ether oxygens (including phenoxy) is 1. The van der Waals surface area contributed by atoms with Crippen LogP contribution in [0.5, 0.6) is 17.2 Å². The van der Waals surface area contributed by atoms with Crippen LogP contribution in [-0.2, 0) is 11.8 Å². The molecule has 0 spiro atoms. The summed E-state index contributed by atoms with van der Waals surface area (Å²) >= 11 is 0. The number of nitrogens with zero attached hydrogens (tertiary/aromatic N) is 1. The summed E-state index contributed by atoms with van der Waals surface area (Å²) in [7, 11) is 2.32. The van der Waals surface area contributed by atoms with Gasteiger partial charge in [-0.25, -0.2) is 0 Å². The van der Waals surface area contributed by atoms with E-state index in [0.717, 1.165) is 17.4 Å². The Hall–Kier alpha value is -2.00. The second-order valence-electron chi connectivity index (χ2n) is 8.43. The molecular weight excluding hydrogens is 322 g/mol. The zero-order valence-electron chi connectivity index (χ0n) is 15.4. The van der Waals surface area contributed by atoms with E-state index in [2.05, 4.69) is 30.1 Å². The summed E-state index contributed by atoms with van der Waals surface area (Å²) in [6.45, 7) is 1.21. The van der Waals surface area contributed by atoms with Gasteiger partial charge in [-0.2, -0.15) is 0 Å². The lowest BCUT2D eigenvalue weighted by Crippen LogP contribution is -2.59. The number of piperidine rings is 1. The number of fused-ring (bicyclic) bond motifs is 1. The molecule has 3 atom stereocenters. The molecule has 1 aliphatic heterocycles. The van der Waals surface area contributed by atoms with Crippen LogP contribution in [0, 0.1) is 5.92 Å². The van der Waals surface area contributed by atoms with Gasteiger partial charge in [0.2, 0.25) is 0 Å². The van der Waals surface area contributed by atoms with Gasteiger partial charge >= 0.3 is 0 Å². The van der Waals surface area contributed by atoms with Gasteiger partial charge in [-0.15, -0.1) is 0 Å². The molecule has 3 aliphatic rings. The Morgan fingerprint density at radius 3 is 2.69 bits per heavy atom. The maximum Gasteiger partial charge on any atom is 0.127 e. The van der Waals surface area contributed by atoms with Crippen molar-refractivity contribution in [1.82, 2.24) is 4.90 Å². The van der Waals surface area contributed by atoms with Crippen molar-refractivity contribution in [2.75, 3.05) is 13.6 Å². The lowest BCUT2D eigenvalue weighted by Gasteiger charge is -2.58. The van der Waals surface area contributed by atoms with Crippen LogP contribution in [-0.4, -0.2) is 29.6 Å². The third-order valence-corrected chi connectivity index (χ3v) is 7.16. The van der Waals surface area contributed by atoms with Gasteiger partial charge in [0.15, 0.2) is 0 Å². The van der Waals surface area contributed by atoms with Crippen molar-refractivity contribution in [2.24, 2.45) is 5.92 Å². The summed E-state index contributed by atoms with van der Waals surface area (Å²) in [6.07, 6.45) is 7.90. The van der Waals surface area contributed by atoms with E-state index < -0.39 is 0 Å². The highest BCUT2D eigenvalue weighted by Gasteiger charge is 2.53. The van der Waals surface area contributed by atoms with Crippen LogP contribution in [0.2, 0.25) is 0 Å². The Morgan fingerprint density at radius 1 is 1.04 bits per heavy atom. The topological polar surface area (TPSA) is 32.7 Å². The number of benzene rings is 2. The molecule has 1 saturated carbocycles. The molecule has 2 fully saturated rings. The molecule has 2 bridgehead atoms. The van der Waals surface area contributed by atoms with Crippen molar-refractivity contribution in [3.63, 3.8) is 0 Å². The first-order chi connectivity index (χ1) is 12.7. The first-order valence-electron chi connectivity index (χ1n) is 9.96. The monoisotopic (exact) mass is 349 g/mol. The van der Waals surface area contributed by atoms with E-state index >= 15 is 0 Å². The maximum atomic E-state index is 9.47. The molecule has 2 unspecified atom stereocenters. The Morgan fingerprint density at radius 2 is 1.85 bits per heavy atom. The quantitative estimate of drug-likeness (QED) is 0.839. The van der Waals surface area contributed by atoms with Crippen molar-refractivity contribution < 1.29 is 9.84 Å². The number of hydrogen-bond donors (Lipinski definition) is 1. The Balaban J connectivity index is 1.54. The minimum absolute atomic E-state index is 0.268. The van der Waals surface area contributed by atoms with Gasteiger partial charge in [0.05, 0.1) is 0 Å². The van der Waals surface area contributed by atoms with Crippen LogP contribution in [0.15, 0.2) is 42.5 Å². The van der Waals surface area contributed by atoms with E-state index in [0.29, 0.717) is 11.5 Å². The second-order valence-corrected chi connectivity index (χ2v) is 8.43. The fourth-order valence-electron chi connectivity index (χ4n) is 5.89. The first kappa shape index (κ1) is 16.2. The molecule has 2 aromatic rings. The summed E-state index contributed by atoms with van der Waals surface area (Å²) < 4.78 is 6.11. The highest BCUT2D eigenvalue weighted by molar-refractivity contribution is 5.47. The van der Waals surface area contributed by atoms with Crippen molar-refractivity contribution in [3.05, 3.63) is 53.6 Å². The molecule has 26 heavy (non-hydrogen) atoms. The highest BCUT2D eigenvalue weighted by atomic mass is 16.5. The van der Waals surface area contributed by atoms with Crippen LogP contribution >= 0.6 is 0 Å². The van der Waals surface area contributed by atoms with E-state index in [1.165, 1.54) is 50.6 Å². The summed E-state index contributed by atoms with van der Waals surface area (Å²) in [5.41, 5.74) is 3.44. The predicted molar refractivity (Wildman–Crippen MR) is 103 cm³/mol. The number of likely N-dealkylation sites (tertiary alicyclic amines) is 1. The SMILES string of the molecule is CN1CCC23CCCC[C@H]2C1Cc1ccc(Oc2ccc(O)cc2)cc13. The Labute approximate surface area is 155 Å². The minimum Gasteiger partial charge on any atom is -0.508 e. The molecule has 0 amide bonds. The van der Waals surface area contributed by atoms with Crippen LogP contribution in [0.25, 0.3) is 0 Å². The molecule has 5 rings (SSSR count). The normalized spacial score (nSPS) is 30.3. The smallest absolute Gasteiger partial charge is 0.127 e. The zero-order valence-corrected chi connectivity index (χ0v) is 15.4. The molecule has 0 radical (unpaired) electrons. The average Bonchev–Trinajstić information content (AvgIpc) is 2.67. The van der Waals surface area contributed by atoms with Gasteiger partial charge in [0, 0.05) is 11.5 Å². The molecule has 2 aromatic carbocycles. The van der Waals surface area contributed by atoms with Gasteiger partial charge in [0.1, 0.15) is 17.2 Å². The standard InChI is InChI=1S/C23H27NO2/c1-24-13-12-23-11-3-2-4-20(23)22(24)14-16-5-8-19(15-21(16)23)26-18-9-6-17(25)7-10-18/h5-10,15,20,22,25H,2-4,11-14H2,1H3/t20-,22?,23?/m0/s1. The van der Waals surface area contributed by atoms with E-state index in [1.807, 2.05) is 12.1 Å². The fraction of sp³-hybridized carbons (Fsp3) is 0.478. The molecule has 2 aliphatic carbocycles. The minimum atomic E-state index is 0.268. The number of rotatable bonds is 2. The average molecular weight is 349 g/mol. The van der Waals surface area contributed by atoms with Crippen molar-refractivity contribution in [3.8, 4) is 17.2 Å². The molecule has 1 N–H and O–H groups in total. The van der Waals surface area contributed by atoms with Gasteiger partial charge in [0.25, 0.3) is 0 Å². The fourth-order valence-corrected chi connectivity index (χ4v) is 5.89.